The smallest absolute Gasteiger partial charge is 0.311 e. The summed E-state index contributed by atoms with van der Waals surface area (Å²) in [5.41, 5.74) is -0.298. The Morgan fingerprint density at radius 2 is 1.64 bits per heavy atom. The molecule has 2 aromatic rings. The number of carbonyl (C=O) groups is 3. The zero-order chi connectivity index (χ0) is 20.0. The molecule has 0 unspecified atom stereocenters. The molecule has 0 bridgehead atoms. The molecule has 1 saturated carbocycles. The lowest BCUT2D eigenvalue weighted by atomic mass is 9.74. The normalized spacial score (nSPS) is 15.7. The molecular formula is C22H26N2O4. The molecule has 0 spiro atoms. The number of aliphatic carboxylic acids is 1. The first-order valence-corrected chi connectivity index (χ1v) is 9.77. The van der Waals surface area contributed by atoms with Crippen LogP contribution in [-0.4, -0.2) is 36.0 Å². The summed E-state index contributed by atoms with van der Waals surface area (Å²) >= 11 is 0. The van der Waals surface area contributed by atoms with Crippen molar-refractivity contribution in [1.82, 2.24) is 10.6 Å². The molecule has 3 N–H and O–H groups in total. The van der Waals surface area contributed by atoms with Crippen molar-refractivity contribution in [3.8, 4) is 0 Å². The number of nitrogens with one attached hydrogen (secondary N) is 2. The highest BCUT2D eigenvalue weighted by atomic mass is 16.4. The first-order chi connectivity index (χ1) is 13.5. The van der Waals surface area contributed by atoms with Crippen LogP contribution in [0.2, 0.25) is 0 Å². The van der Waals surface area contributed by atoms with E-state index >= 15 is 0 Å². The summed E-state index contributed by atoms with van der Waals surface area (Å²) in [5, 5.41) is 17.1. The van der Waals surface area contributed by atoms with Crippen LogP contribution in [0.3, 0.4) is 0 Å². The standard InChI is InChI=1S/C22H26N2O4/c25-19(24-15-22(21(27)28)11-4-1-5-12-22)10-13-23-20(26)18-9-8-16-6-2-3-7-17(16)14-18/h2-3,6-9,14H,1,4-5,10-13,15H2,(H,23,26)(H,24,25)(H,27,28). The van der Waals surface area contributed by atoms with E-state index in [1.165, 1.54) is 0 Å². The highest BCUT2D eigenvalue weighted by Gasteiger charge is 2.39. The predicted octanol–water partition coefficient (Wildman–Crippen LogP) is 3.11. The second-order valence-corrected chi connectivity index (χ2v) is 7.49. The summed E-state index contributed by atoms with van der Waals surface area (Å²) in [5.74, 6) is -1.31. The number of carboxylic acid groups (broad SMARTS) is 1. The van der Waals surface area contributed by atoms with Crippen LogP contribution in [0.5, 0.6) is 0 Å². The Morgan fingerprint density at radius 1 is 0.929 bits per heavy atom. The first-order valence-electron chi connectivity index (χ1n) is 9.77. The maximum Gasteiger partial charge on any atom is 0.311 e. The van der Waals surface area contributed by atoms with Crippen molar-refractivity contribution >= 4 is 28.6 Å². The molecule has 0 saturated heterocycles. The quantitative estimate of drug-likeness (QED) is 0.686. The Kier molecular flexibility index (Phi) is 6.29. The van der Waals surface area contributed by atoms with Crippen LogP contribution in [0.4, 0.5) is 0 Å². The van der Waals surface area contributed by atoms with E-state index in [0.29, 0.717) is 18.4 Å². The summed E-state index contributed by atoms with van der Waals surface area (Å²) in [6.45, 7) is 0.358. The molecule has 2 amide bonds. The summed E-state index contributed by atoms with van der Waals surface area (Å²) < 4.78 is 0. The molecule has 6 heteroatoms. The third kappa shape index (κ3) is 4.68. The molecule has 1 fully saturated rings. The average Bonchev–Trinajstić information content (AvgIpc) is 2.72. The van der Waals surface area contributed by atoms with Gasteiger partial charge in [-0.15, -0.1) is 0 Å². The van der Waals surface area contributed by atoms with Gasteiger partial charge in [0.05, 0.1) is 5.41 Å². The van der Waals surface area contributed by atoms with Gasteiger partial charge in [0.2, 0.25) is 5.91 Å². The molecule has 3 rings (SSSR count). The van der Waals surface area contributed by atoms with E-state index in [9.17, 15) is 19.5 Å². The third-order valence-corrected chi connectivity index (χ3v) is 5.54. The number of hydrogen-bond donors (Lipinski definition) is 3. The van der Waals surface area contributed by atoms with Crippen molar-refractivity contribution in [2.75, 3.05) is 13.1 Å². The fraction of sp³-hybridized carbons (Fsp3) is 0.409. The van der Waals surface area contributed by atoms with E-state index in [4.69, 9.17) is 0 Å². The van der Waals surface area contributed by atoms with Gasteiger partial charge in [-0.25, -0.2) is 0 Å². The lowest BCUT2D eigenvalue weighted by Crippen LogP contribution is -2.44. The van der Waals surface area contributed by atoms with Crippen LogP contribution in [0.1, 0.15) is 48.9 Å². The molecule has 1 aliphatic carbocycles. The number of rotatable bonds is 7. The van der Waals surface area contributed by atoms with Crippen LogP contribution < -0.4 is 10.6 Å². The Balaban J connectivity index is 1.46. The molecule has 0 radical (unpaired) electrons. The number of hydrogen-bond acceptors (Lipinski definition) is 3. The third-order valence-electron chi connectivity index (χ3n) is 5.54. The Morgan fingerprint density at radius 3 is 2.36 bits per heavy atom. The zero-order valence-electron chi connectivity index (χ0n) is 15.9. The van der Waals surface area contributed by atoms with Gasteiger partial charge in [-0.1, -0.05) is 49.6 Å². The second kappa shape index (κ2) is 8.87. The van der Waals surface area contributed by atoms with Gasteiger partial charge in [-0.05, 0) is 35.7 Å². The van der Waals surface area contributed by atoms with Gasteiger partial charge in [0.15, 0.2) is 0 Å². The molecule has 1 aliphatic rings. The van der Waals surface area contributed by atoms with Crippen LogP contribution in [-0.2, 0) is 9.59 Å². The first kappa shape index (κ1) is 19.9. The summed E-state index contributed by atoms with van der Waals surface area (Å²) in [7, 11) is 0. The van der Waals surface area contributed by atoms with Crippen molar-refractivity contribution in [2.24, 2.45) is 5.41 Å². The fourth-order valence-electron chi connectivity index (χ4n) is 3.77. The summed E-state index contributed by atoms with van der Waals surface area (Å²) in [6, 6.07) is 13.3. The Bertz CT molecular complexity index is 872. The second-order valence-electron chi connectivity index (χ2n) is 7.49. The van der Waals surface area contributed by atoms with E-state index in [0.717, 1.165) is 30.0 Å². The van der Waals surface area contributed by atoms with Crippen molar-refractivity contribution in [3.63, 3.8) is 0 Å². The fourth-order valence-corrected chi connectivity index (χ4v) is 3.77. The van der Waals surface area contributed by atoms with Gasteiger partial charge in [-0.2, -0.15) is 0 Å². The van der Waals surface area contributed by atoms with Gasteiger partial charge in [-0.3, -0.25) is 14.4 Å². The number of benzene rings is 2. The lowest BCUT2D eigenvalue weighted by molar-refractivity contribution is -0.151. The SMILES string of the molecule is O=C(CCNC(=O)c1ccc2ccccc2c1)NCC1(C(=O)O)CCCCC1. The van der Waals surface area contributed by atoms with Crippen LogP contribution in [0, 0.1) is 5.41 Å². The van der Waals surface area contributed by atoms with Gasteiger partial charge in [0.25, 0.3) is 5.91 Å². The van der Waals surface area contributed by atoms with Crippen molar-refractivity contribution < 1.29 is 19.5 Å². The van der Waals surface area contributed by atoms with E-state index in [1.807, 2.05) is 36.4 Å². The van der Waals surface area contributed by atoms with E-state index in [-0.39, 0.29) is 31.3 Å². The minimum absolute atomic E-state index is 0.120. The molecule has 2 aromatic carbocycles. The maximum atomic E-state index is 12.3. The van der Waals surface area contributed by atoms with Gasteiger partial charge < -0.3 is 15.7 Å². The highest BCUT2D eigenvalue weighted by molar-refractivity contribution is 5.98. The van der Waals surface area contributed by atoms with Crippen molar-refractivity contribution in [2.45, 2.75) is 38.5 Å². The average molecular weight is 382 g/mol. The van der Waals surface area contributed by atoms with E-state index < -0.39 is 11.4 Å². The summed E-state index contributed by atoms with van der Waals surface area (Å²) in [4.78, 5) is 36.0. The van der Waals surface area contributed by atoms with E-state index in [1.54, 1.807) is 6.07 Å². The minimum atomic E-state index is -0.845. The molecule has 0 aliphatic heterocycles. The molecule has 0 heterocycles. The topological polar surface area (TPSA) is 95.5 Å². The van der Waals surface area contributed by atoms with Crippen LogP contribution in [0.25, 0.3) is 10.8 Å². The van der Waals surface area contributed by atoms with Crippen LogP contribution in [0.15, 0.2) is 42.5 Å². The predicted molar refractivity (Wildman–Crippen MR) is 107 cm³/mol. The van der Waals surface area contributed by atoms with Crippen molar-refractivity contribution in [3.05, 3.63) is 48.0 Å². The monoisotopic (exact) mass is 382 g/mol. The summed E-state index contributed by atoms with van der Waals surface area (Å²) in [6.07, 6.45) is 4.12. The molecule has 0 atom stereocenters. The molecule has 28 heavy (non-hydrogen) atoms. The zero-order valence-corrected chi connectivity index (χ0v) is 15.9. The van der Waals surface area contributed by atoms with Gasteiger partial charge in [0.1, 0.15) is 0 Å². The number of carbonyl (C=O) groups excluding carboxylic acids is 2. The largest absolute Gasteiger partial charge is 0.481 e. The van der Waals surface area contributed by atoms with Crippen LogP contribution >= 0.6 is 0 Å². The van der Waals surface area contributed by atoms with Gasteiger partial charge >= 0.3 is 5.97 Å². The minimum Gasteiger partial charge on any atom is -0.481 e. The maximum absolute atomic E-state index is 12.3. The molecular weight excluding hydrogens is 356 g/mol. The Hall–Kier alpha value is -2.89. The molecule has 148 valence electrons. The van der Waals surface area contributed by atoms with E-state index in [2.05, 4.69) is 10.6 Å². The van der Waals surface area contributed by atoms with Gasteiger partial charge in [0, 0.05) is 25.1 Å². The highest BCUT2D eigenvalue weighted by Crippen LogP contribution is 2.36. The molecule has 6 nitrogen and oxygen atoms in total. The molecule has 0 aromatic heterocycles. The number of amides is 2. The lowest BCUT2D eigenvalue weighted by Gasteiger charge is -2.33. The van der Waals surface area contributed by atoms with Crippen molar-refractivity contribution in [1.29, 1.82) is 0 Å². The number of carboxylic acids is 1. The Labute approximate surface area is 164 Å². The number of fused-ring (bicyclic) bond motifs is 1.